The highest BCUT2D eigenvalue weighted by Crippen LogP contribution is 2.30. The van der Waals surface area contributed by atoms with Crippen molar-refractivity contribution >= 4 is 23.2 Å². The number of halogens is 2. The van der Waals surface area contributed by atoms with Crippen molar-refractivity contribution in [3.63, 3.8) is 0 Å². The molecule has 0 amide bonds. The highest BCUT2D eigenvalue weighted by atomic mass is 35.5. The van der Waals surface area contributed by atoms with Crippen LogP contribution >= 0.6 is 23.2 Å². The third-order valence-electron chi connectivity index (χ3n) is 2.68. The fourth-order valence-corrected chi connectivity index (χ4v) is 1.72. The van der Waals surface area contributed by atoms with E-state index in [-0.39, 0.29) is 0 Å². The predicted octanol–water partition coefficient (Wildman–Crippen LogP) is 3.82. The maximum atomic E-state index is 6.20. The molecular weight excluding hydrogens is 217 g/mol. The number of rotatable bonds is 2. The molecule has 1 rings (SSSR count). The zero-order valence-corrected chi connectivity index (χ0v) is 10.2. The molecule has 0 aliphatic carbocycles. The summed E-state index contributed by atoms with van der Waals surface area (Å²) in [7, 11) is 0. The van der Waals surface area contributed by atoms with Crippen LogP contribution in [0, 0.1) is 5.92 Å². The molecule has 0 aromatic heterocycles. The zero-order chi connectivity index (χ0) is 10.9. The normalized spacial score (nSPS) is 15.6. The molecule has 1 aromatic rings. The summed E-state index contributed by atoms with van der Waals surface area (Å²) in [6.07, 6.45) is 0. The molecule has 78 valence electrons. The Labute approximate surface area is 95.2 Å². The third kappa shape index (κ3) is 2.41. The average Bonchev–Trinajstić information content (AvgIpc) is 2.01. The molecule has 0 spiro atoms. The van der Waals surface area contributed by atoms with Crippen molar-refractivity contribution in [2.45, 2.75) is 26.3 Å². The van der Waals surface area contributed by atoms with Crippen molar-refractivity contribution in [1.82, 2.24) is 0 Å². The third-order valence-corrected chi connectivity index (χ3v) is 3.12. The molecule has 0 saturated heterocycles. The van der Waals surface area contributed by atoms with E-state index in [1.807, 2.05) is 19.1 Å². The summed E-state index contributed by atoms with van der Waals surface area (Å²) in [5, 5.41) is 1.26. The van der Waals surface area contributed by atoms with Gasteiger partial charge in [-0.15, -0.1) is 0 Å². The smallest absolute Gasteiger partial charge is 0.0424 e. The standard InChI is InChI=1S/C11H15Cl2N/c1-7(2)11(3,14)8-4-9(12)6-10(13)5-8/h4-7H,14H2,1-3H3. The van der Waals surface area contributed by atoms with E-state index in [1.54, 1.807) is 6.07 Å². The van der Waals surface area contributed by atoms with Gasteiger partial charge in [-0.2, -0.15) is 0 Å². The number of nitrogens with two attached hydrogens (primary N) is 1. The van der Waals surface area contributed by atoms with Gasteiger partial charge in [-0.3, -0.25) is 0 Å². The monoisotopic (exact) mass is 231 g/mol. The molecule has 0 radical (unpaired) electrons. The van der Waals surface area contributed by atoms with Gasteiger partial charge in [-0.1, -0.05) is 37.0 Å². The largest absolute Gasteiger partial charge is 0.321 e. The SMILES string of the molecule is CC(C)C(C)(N)c1cc(Cl)cc(Cl)c1. The Morgan fingerprint density at radius 1 is 1.14 bits per heavy atom. The van der Waals surface area contributed by atoms with Crippen LogP contribution in [0.5, 0.6) is 0 Å². The Bertz CT molecular complexity index is 312. The molecule has 0 heterocycles. The second-order valence-electron chi connectivity index (χ2n) is 4.10. The number of hydrogen-bond acceptors (Lipinski definition) is 1. The van der Waals surface area contributed by atoms with Crippen LogP contribution in [0.1, 0.15) is 26.3 Å². The highest BCUT2D eigenvalue weighted by Gasteiger charge is 2.25. The molecule has 1 unspecified atom stereocenters. The van der Waals surface area contributed by atoms with E-state index in [9.17, 15) is 0 Å². The molecule has 0 aliphatic rings. The molecule has 0 aliphatic heterocycles. The van der Waals surface area contributed by atoms with Crippen molar-refractivity contribution in [3.8, 4) is 0 Å². The van der Waals surface area contributed by atoms with Gasteiger partial charge in [0.2, 0.25) is 0 Å². The number of hydrogen-bond donors (Lipinski definition) is 1. The Balaban J connectivity index is 3.18. The molecule has 0 fully saturated rings. The van der Waals surface area contributed by atoms with Crippen molar-refractivity contribution < 1.29 is 0 Å². The van der Waals surface area contributed by atoms with E-state index >= 15 is 0 Å². The lowest BCUT2D eigenvalue weighted by molar-refractivity contribution is 0.350. The predicted molar refractivity (Wildman–Crippen MR) is 62.8 cm³/mol. The van der Waals surface area contributed by atoms with Gasteiger partial charge in [0.1, 0.15) is 0 Å². The van der Waals surface area contributed by atoms with E-state index in [0.717, 1.165) is 5.56 Å². The first kappa shape index (κ1) is 11.8. The first-order valence-corrected chi connectivity index (χ1v) is 5.35. The highest BCUT2D eigenvalue weighted by molar-refractivity contribution is 6.34. The molecule has 1 atom stereocenters. The van der Waals surface area contributed by atoms with E-state index in [1.165, 1.54) is 0 Å². The molecule has 14 heavy (non-hydrogen) atoms. The molecule has 0 bridgehead atoms. The van der Waals surface area contributed by atoms with Crippen molar-refractivity contribution in [3.05, 3.63) is 33.8 Å². The minimum absolute atomic E-state index is 0.331. The Hall–Kier alpha value is -0.240. The van der Waals surface area contributed by atoms with Crippen molar-refractivity contribution in [1.29, 1.82) is 0 Å². The molecule has 3 heteroatoms. The Kier molecular flexibility index (Phi) is 3.46. The minimum Gasteiger partial charge on any atom is -0.321 e. The quantitative estimate of drug-likeness (QED) is 0.823. The van der Waals surface area contributed by atoms with Gasteiger partial charge >= 0.3 is 0 Å². The van der Waals surface area contributed by atoms with Gasteiger partial charge in [0.05, 0.1) is 0 Å². The Morgan fingerprint density at radius 2 is 1.57 bits per heavy atom. The van der Waals surface area contributed by atoms with Crippen LogP contribution in [0.15, 0.2) is 18.2 Å². The fraction of sp³-hybridized carbons (Fsp3) is 0.455. The fourth-order valence-electron chi connectivity index (χ4n) is 1.20. The topological polar surface area (TPSA) is 26.0 Å². The van der Waals surface area contributed by atoms with Gasteiger partial charge < -0.3 is 5.73 Å². The van der Waals surface area contributed by atoms with Crippen LogP contribution in [0.4, 0.5) is 0 Å². The van der Waals surface area contributed by atoms with E-state index in [0.29, 0.717) is 16.0 Å². The maximum Gasteiger partial charge on any atom is 0.0424 e. The summed E-state index contributed by atoms with van der Waals surface area (Å²) < 4.78 is 0. The van der Waals surface area contributed by atoms with Crippen molar-refractivity contribution in [2.75, 3.05) is 0 Å². The number of benzene rings is 1. The van der Waals surface area contributed by atoms with Gasteiger partial charge in [-0.25, -0.2) is 0 Å². The van der Waals surface area contributed by atoms with Crippen LogP contribution in [-0.4, -0.2) is 0 Å². The summed E-state index contributed by atoms with van der Waals surface area (Å²) in [4.78, 5) is 0. The molecule has 0 saturated carbocycles. The Morgan fingerprint density at radius 3 is 1.93 bits per heavy atom. The van der Waals surface area contributed by atoms with Crippen LogP contribution in [-0.2, 0) is 5.54 Å². The average molecular weight is 232 g/mol. The first-order chi connectivity index (χ1) is 6.34. The molecule has 1 nitrogen and oxygen atoms in total. The zero-order valence-electron chi connectivity index (χ0n) is 8.64. The van der Waals surface area contributed by atoms with Gasteiger partial charge in [-0.05, 0) is 36.6 Å². The van der Waals surface area contributed by atoms with E-state index in [2.05, 4.69) is 13.8 Å². The van der Waals surface area contributed by atoms with Crippen molar-refractivity contribution in [2.24, 2.45) is 11.7 Å². The second kappa shape index (κ2) is 4.09. The van der Waals surface area contributed by atoms with Crippen LogP contribution < -0.4 is 5.73 Å². The molecule has 1 aromatic carbocycles. The summed E-state index contributed by atoms with van der Waals surface area (Å²) in [6.45, 7) is 6.14. The van der Waals surface area contributed by atoms with E-state index < -0.39 is 5.54 Å². The van der Waals surface area contributed by atoms with E-state index in [4.69, 9.17) is 28.9 Å². The lowest BCUT2D eigenvalue weighted by Crippen LogP contribution is -2.38. The molecule has 2 N–H and O–H groups in total. The second-order valence-corrected chi connectivity index (χ2v) is 4.97. The molecular formula is C11H15Cl2N. The van der Waals surface area contributed by atoms with Gasteiger partial charge in [0, 0.05) is 15.6 Å². The van der Waals surface area contributed by atoms with Gasteiger partial charge in [0.15, 0.2) is 0 Å². The van der Waals surface area contributed by atoms with Crippen LogP contribution in [0.2, 0.25) is 10.0 Å². The van der Waals surface area contributed by atoms with Crippen LogP contribution in [0.25, 0.3) is 0 Å². The summed E-state index contributed by atoms with van der Waals surface area (Å²) in [5.74, 6) is 0.331. The first-order valence-electron chi connectivity index (χ1n) is 4.59. The summed E-state index contributed by atoms with van der Waals surface area (Å²) in [6, 6.07) is 5.45. The van der Waals surface area contributed by atoms with Crippen LogP contribution in [0.3, 0.4) is 0 Å². The summed E-state index contributed by atoms with van der Waals surface area (Å²) in [5.41, 5.74) is 6.78. The lowest BCUT2D eigenvalue weighted by Gasteiger charge is -2.30. The maximum absolute atomic E-state index is 6.20. The lowest BCUT2D eigenvalue weighted by atomic mass is 9.83. The minimum atomic E-state index is -0.394. The van der Waals surface area contributed by atoms with Gasteiger partial charge in [0.25, 0.3) is 0 Å². The summed E-state index contributed by atoms with van der Waals surface area (Å²) >= 11 is 11.8.